The summed E-state index contributed by atoms with van der Waals surface area (Å²) in [7, 11) is 0. The van der Waals surface area contributed by atoms with E-state index >= 15 is 0 Å². The molecule has 0 aliphatic heterocycles. The number of aliphatic hydroxyl groups excluding tert-OH is 1. The smallest absolute Gasteiger partial charge is 0.149 e. The third-order valence-electron chi connectivity index (χ3n) is 2.14. The lowest BCUT2D eigenvalue weighted by atomic mass is 10.1. The third kappa shape index (κ3) is 4.35. The summed E-state index contributed by atoms with van der Waals surface area (Å²) in [6.07, 6.45) is 0.672. The van der Waals surface area contributed by atoms with Crippen molar-refractivity contribution >= 4 is 0 Å². The number of nitrogens with two attached hydrogens (primary N) is 1. The Balaban J connectivity index is 2.49. The first-order valence-corrected chi connectivity index (χ1v) is 5.24. The van der Waals surface area contributed by atoms with Gasteiger partial charge in [-0.15, -0.1) is 5.92 Å². The van der Waals surface area contributed by atoms with Gasteiger partial charge in [0, 0.05) is 6.04 Å². The second-order valence-corrected chi connectivity index (χ2v) is 3.51. The van der Waals surface area contributed by atoms with Crippen molar-refractivity contribution in [3.8, 4) is 17.6 Å². The Morgan fingerprint density at radius 3 is 2.62 bits per heavy atom. The molecule has 1 aromatic carbocycles. The van der Waals surface area contributed by atoms with Crippen LogP contribution in [0.25, 0.3) is 0 Å². The summed E-state index contributed by atoms with van der Waals surface area (Å²) in [6.45, 7) is 2.19. The molecule has 0 bridgehead atoms. The summed E-state index contributed by atoms with van der Waals surface area (Å²) in [4.78, 5) is 0. The van der Waals surface area contributed by atoms with E-state index in [1.807, 2.05) is 24.3 Å². The average molecular weight is 219 g/mol. The van der Waals surface area contributed by atoms with Gasteiger partial charge in [0.25, 0.3) is 0 Å². The molecule has 0 saturated carbocycles. The lowest BCUT2D eigenvalue weighted by Gasteiger charge is -2.08. The zero-order valence-corrected chi connectivity index (χ0v) is 9.44. The van der Waals surface area contributed by atoms with E-state index in [1.165, 1.54) is 0 Å². The highest BCUT2D eigenvalue weighted by Gasteiger charge is 2.02. The zero-order valence-electron chi connectivity index (χ0n) is 9.44. The Labute approximate surface area is 96.2 Å². The molecule has 0 heterocycles. The molecule has 0 spiro atoms. The monoisotopic (exact) mass is 219 g/mol. The van der Waals surface area contributed by atoms with Gasteiger partial charge in [0.15, 0.2) is 0 Å². The maximum absolute atomic E-state index is 8.83. The van der Waals surface area contributed by atoms with E-state index in [0.717, 1.165) is 11.3 Å². The van der Waals surface area contributed by atoms with E-state index in [4.69, 9.17) is 15.6 Å². The van der Waals surface area contributed by atoms with Crippen molar-refractivity contribution in [3.63, 3.8) is 0 Å². The Kier molecular flexibility index (Phi) is 5.41. The number of aliphatic hydroxyl groups is 1. The van der Waals surface area contributed by atoms with E-state index < -0.39 is 0 Å². The lowest BCUT2D eigenvalue weighted by molar-refractivity contribution is 0.265. The van der Waals surface area contributed by atoms with Crippen LogP contribution in [0.4, 0.5) is 0 Å². The second-order valence-electron chi connectivity index (χ2n) is 3.51. The Morgan fingerprint density at radius 2 is 2.06 bits per heavy atom. The summed E-state index contributed by atoms with van der Waals surface area (Å²) >= 11 is 0. The van der Waals surface area contributed by atoms with Gasteiger partial charge < -0.3 is 15.6 Å². The van der Waals surface area contributed by atoms with Crippen LogP contribution in [0.3, 0.4) is 0 Å². The molecule has 1 unspecified atom stereocenters. The van der Waals surface area contributed by atoms with Gasteiger partial charge in [-0.2, -0.15) is 0 Å². The standard InChI is InChI=1S/C13H17NO2/c1-2-3-8-16-13-6-4-11(5-7-13)9-12(14)10-15/h4-7,12,15H,8-10,14H2,1H3. The highest BCUT2D eigenvalue weighted by Crippen LogP contribution is 2.12. The fourth-order valence-corrected chi connectivity index (χ4v) is 1.28. The second kappa shape index (κ2) is 6.89. The van der Waals surface area contributed by atoms with E-state index in [1.54, 1.807) is 6.92 Å². The van der Waals surface area contributed by atoms with Gasteiger partial charge in [-0.1, -0.05) is 18.1 Å². The SMILES string of the molecule is CC#CCOc1ccc(CC(N)CO)cc1. The van der Waals surface area contributed by atoms with Gasteiger partial charge >= 0.3 is 0 Å². The fraction of sp³-hybridized carbons (Fsp3) is 0.385. The number of ether oxygens (including phenoxy) is 1. The van der Waals surface area contributed by atoms with E-state index in [-0.39, 0.29) is 12.6 Å². The fourth-order valence-electron chi connectivity index (χ4n) is 1.28. The van der Waals surface area contributed by atoms with Crippen molar-refractivity contribution in [2.24, 2.45) is 5.73 Å². The number of benzene rings is 1. The molecule has 0 amide bonds. The molecule has 0 saturated heterocycles. The third-order valence-corrected chi connectivity index (χ3v) is 2.14. The van der Waals surface area contributed by atoms with E-state index in [2.05, 4.69) is 11.8 Å². The summed E-state index contributed by atoms with van der Waals surface area (Å²) < 4.78 is 5.38. The molecule has 86 valence electrons. The quantitative estimate of drug-likeness (QED) is 0.725. The molecule has 0 aromatic heterocycles. The van der Waals surface area contributed by atoms with Gasteiger partial charge in [-0.05, 0) is 31.0 Å². The van der Waals surface area contributed by atoms with Crippen LogP contribution in [-0.4, -0.2) is 24.4 Å². The summed E-state index contributed by atoms with van der Waals surface area (Å²) in [6, 6.07) is 7.47. The molecule has 3 heteroatoms. The molecule has 0 radical (unpaired) electrons. The van der Waals surface area contributed by atoms with Crippen LogP contribution >= 0.6 is 0 Å². The molecular weight excluding hydrogens is 202 g/mol. The van der Waals surface area contributed by atoms with Crippen LogP contribution in [0, 0.1) is 11.8 Å². The first-order valence-electron chi connectivity index (χ1n) is 5.24. The molecule has 3 N–H and O–H groups in total. The van der Waals surface area contributed by atoms with Crippen LogP contribution in [0.1, 0.15) is 12.5 Å². The first-order chi connectivity index (χ1) is 7.76. The molecule has 16 heavy (non-hydrogen) atoms. The van der Waals surface area contributed by atoms with Crippen molar-refractivity contribution in [3.05, 3.63) is 29.8 Å². The molecule has 1 rings (SSSR count). The van der Waals surface area contributed by atoms with Crippen molar-refractivity contribution in [2.75, 3.05) is 13.2 Å². The van der Waals surface area contributed by atoms with Gasteiger partial charge in [0.1, 0.15) is 12.4 Å². The normalized spacial score (nSPS) is 11.4. The molecule has 0 aliphatic rings. The van der Waals surface area contributed by atoms with Crippen LogP contribution in [0.5, 0.6) is 5.75 Å². The van der Waals surface area contributed by atoms with Crippen LogP contribution in [-0.2, 0) is 6.42 Å². The Hall–Kier alpha value is -1.50. The van der Waals surface area contributed by atoms with Crippen LogP contribution in [0.15, 0.2) is 24.3 Å². The molecule has 0 fully saturated rings. The van der Waals surface area contributed by atoms with Gasteiger partial charge in [0.2, 0.25) is 0 Å². The molecule has 1 atom stereocenters. The minimum absolute atomic E-state index is 0.00431. The first kappa shape index (κ1) is 12.6. The average Bonchev–Trinajstić information content (AvgIpc) is 2.31. The summed E-state index contributed by atoms with van der Waals surface area (Å²) in [5, 5.41) is 8.83. The zero-order chi connectivity index (χ0) is 11.8. The highest BCUT2D eigenvalue weighted by molar-refractivity contribution is 5.28. The number of hydrogen-bond acceptors (Lipinski definition) is 3. The maximum atomic E-state index is 8.83. The van der Waals surface area contributed by atoms with Gasteiger partial charge in [0.05, 0.1) is 6.61 Å². The summed E-state index contributed by atoms with van der Waals surface area (Å²) in [5.74, 6) is 6.39. The van der Waals surface area contributed by atoms with Gasteiger partial charge in [-0.25, -0.2) is 0 Å². The molecule has 1 aromatic rings. The van der Waals surface area contributed by atoms with Crippen molar-refractivity contribution < 1.29 is 9.84 Å². The Morgan fingerprint density at radius 1 is 1.38 bits per heavy atom. The molecule has 3 nitrogen and oxygen atoms in total. The number of rotatable bonds is 5. The minimum Gasteiger partial charge on any atom is -0.481 e. The lowest BCUT2D eigenvalue weighted by Crippen LogP contribution is -2.26. The summed E-state index contributed by atoms with van der Waals surface area (Å²) in [5.41, 5.74) is 6.73. The predicted octanol–water partition coefficient (Wildman–Crippen LogP) is 0.951. The van der Waals surface area contributed by atoms with Crippen molar-refractivity contribution in [1.29, 1.82) is 0 Å². The van der Waals surface area contributed by atoms with E-state index in [0.29, 0.717) is 13.0 Å². The number of hydrogen-bond donors (Lipinski definition) is 2. The molecule has 0 aliphatic carbocycles. The van der Waals surface area contributed by atoms with E-state index in [9.17, 15) is 0 Å². The largest absolute Gasteiger partial charge is 0.481 e. The van der Waals surface area contributed by atoms with Crippen LogP contribution in [0.2, 0.25) is 0 Å². The van der Waals surface area contributed by atoms with Crippen molar-refractivity contribution in [2.45, 2.75) is 19.4 Å². The maximum Gasteiger partial charge on any atom is 0.149 e. The highest BCUT2D eigenvalue weighted by atomic mass is 16.5. The predicted molar refractivity (Wildman–Crippen MR) is 64.2 cm³/mol. The molecular formula is C13H17NO2. The van der Waals surface area contributed by atoms with Crippen molar-refractivity contribution in [1.82, 2.24) is 0 Å². The van der Waals surface area contributed by atoms with Crippen LogP contribution < -0.4 is 10.5 Å². The Bertz CT molecular complexity index is 362. The topological polar surface area (TPSA) is 55.5 Å². The van der Waals surface area contributed by atoms with Gasteiger partial charge in [-0.3, -0.25) is 0 Å². The minimum atomic E-state index is -0.197.